The summed E-state index contributed by atoms with van der Waals surface area (Å²) < 4.78 is 22.6. The van der Waals surface area contributed by atoms with Crippen LogP contribution in [-0.2, 0) is 9.84 Å². The molecular formula is C12H15N3O5S. The Kier molecular flexibility index (Phi) is 4.12. The predicted molar refractivity (Wildman–Crippen MR) is 76.6 cm³/mol. The summed E-state index contributed by atoms with van der Waals surface area (Å²) in [7, 11) is -2.98. The molecular weight excluding hydrogens is 298 g/mol. The molecule has 1 fully saturated rings. The summed E-state index contributed by atoms with van der Waals surface area (Å²) in [6, 6.07) is 3.72. The van der Waals surface area contributed by atoms with Crippen LogP contribution >= 0.6 is 0 Å². The molecule has 2 rings (SSSR count). The monoisotopic (exact) mass is 313 g/mol. The van der Waals surface area contributed by atoms with Gasteiger partial charge in [-0.3, -0.25) is 14.9 Å². The van der Waals surface area contributed by atoms with Crippen molar-refractivity contribution >= 4 is 27.1 Å². The lowest BCUT2D eigenvalue weighted by Gasteiger charge is -2.10. The van der Waals surface area contributed by atoms with Crippen molar-refractivity contribution in [2.24, 2.45) is 5.92 Å². The van der Waals surface area contributed by atoms with Crippen molar-refractivity contribution < 1.29 is 18.1 Å². The highest BCUT2D eigenvalue weighted by Crippen LogP contribution is 2.22. The molecule has 1 amide bonds. The van der Waals surface area contributed by atoms with E-state index in [0.29, 0.717) is 6.42 Å². The number of carbonyl (C=O) groups is 1. The van der Waals surface area contributed by atoms with Crippen molar-refractivity contribution in [2.45, 2.75) is 6.42 Å². The Morgan fingerprint density at radius 1 is 1.48 bits per heavy atom. The Balaban J connectivity index is 1.98. The van der Waals surface area contributed by atoms with E-state index in [4.69, 9.17) is 5.73 Å². The molecule has 0 aromatic heterocycles. The number of nitrogen functional groups attached to an aromatic ring is 1. The van der Waals surface area contributed by atoms with Crippen molar-refractivity contribution in [3.8, 4) is 0 Å². The van der Waals surface area contributed by atoms with E-state index in [1.807, 2.05) is 0 Å². The number of benzene rings is 1. The molecule has 0 aliphatic carbocycles. The van der Waals surface area contributed by atoms with Gasteiger partial charge in [-0.25, -0.2) is 8.42 Å². The van der Waals surface area contributed by atoms with Crippen LogP contribution in [0.2, 0.25) is 0 Å². The summed E-state index contributed by atoms with van der Waals surface area (Å²) in [4.78, 5) is 21.9. The predicted octanol–water partition coefficient (Wildman–Crippen LogP) is 0.341. The van der Waals surface area contributed by atoms with E-state index in [1.165, 1.54) is 18.2 Å². The van der Waals surface area contributed by atoms with E-state index in [2.05, 4.69) is 5.32 Å². The molecule has 0 bridgehead atoms. The Morgan fingerprint density at radius 3 is 2.71 bits per heavy atom. The van der Waals surface area contributed by atoms with Gasteiger partial charge in [0.25, 0.3) is 11.6 Å². The minimum absolute atomic E-state index is 0.0790. The molecule has 1 heterocycles. The van der Waals surface area contributed by atoms with Crippen LogP contribution in [0, 0.1) is 16.0 Å². The van der Waals surface area contributed by atoms with E-state index in [1.54, 1.807) is 0 Å². The molecule has 1 aliphatic heterocycles. The summed E-state index contributed by atoms with van der Waals surface area (Å²) in [5, 5.41) is 13.3. The lowest BCUT2D eigenvalue weighted by atomic mass is 10.1. The van der Waals surface area contributed by atoms with Gasteiger partial charge in [-0.2, -0.15) is 0 Å². The number of sulfone groups is 1. The van der Waals surface area contributed by atoms with Gasteiger partial charge < -0.3 is 11.1 Å². The van der Waals surface area contributed by atoms with Gasteiger partial charge in [0.1, 0.15) is 5.69 Å². The van der Waals surface area contributed by atoms with Crippen LogP contribution in [0.15, 0.2) is 18.2 Å². The van der Waals surface area contributed by atoms with Crippen molar-refractivity contribution in [1.29, 1.82) is 0 Å². The van der Waals surface area contributed by atoms with Crippen LogP contribution in [0.4, 0.5) is 11.4 Å². The molecule has 21 heavy (non-hydrogen) atoms. The SMILES string of the molecule is Nc1cc(C(=O)NCC2CCS(=O)(=O)C2)ccc1[N+](=O)[O-]. The molecule has 8 nitrogen and oxygen atoms in total. The van der Waals surface area contributed by atoms with Crippen LogP contribution in [0.25, 0.3) is 0 Å². The largest absolute Gasteiger partial charge is 0.393 e. The number of carbonyl (C=O) groups excluding carboxylic acids is 1. The number of nitro groups is 1. The van der Waals surface area contributed by atoms with Gasteiger partial charge in [0.2, 0.25) is 0 Å². The highest BCUT2D eigenvalue weighted by atomic mass is 32.2. The second-order valence-electron chi connectivity index (χ2n) is 5.01. The molecule has 1 unspecified atom stereocenters. The van der Waals surface area contributed by atoms with Gasteiger partial charge in [0, 0.05) is 18.2 Å². The normalized spacial score (nSPS) is 20.1. The summed E-state index contributed by atoms with van der Waals surface area (Å²) in [6.07, 6.45) is 0.533. The average molecular weight is 313 g/mol. The van der Waals surface area contributed by atoms with Crippen LogP contribution in [0.5, 0.6) is 0 Å². The van der Waals surface area contributed by atoms with Crippen LogP contribution < -0.4 is 11.1 Å². The highest BCUT2D eigenvalue weighted by molar-refractivity contribution is 7.91. The van der Waals surface area contributed by atoms with Crippen molar-refractivity contribution in [3.05, 3.63) is 33.9 Å². The first kappa shape index (κ1) is 15.2. The number of nitrogens with one attached hydrogen (secondary N) is 1. The van der Waals surface area contributed by atoms with E-state index >= 15 is 0 Å². The fourth-order valence-electron chi connectivity index (χ4n) is 2.23. The zero-order valence-corrected chi connectivity index (χ0v) is 11.9. The van der Waals surface area contributed by atoms with Gasteiger partial charge in [-0.1, -0.05) is 0 Å². The minimum atomic E-state index is -2.98. The standard InChI is InChI=1S/C12H15N3O5S/c13-10-5-9(1-2-11(10)15(17)18)12(16)14-6-8-3-4-21(19,20)7-8/h1-2,5,8H,3-4,6-7,13H2,(H,14,16). The summed E-state index contributed by atoms with van der Waals surface area (Å²) in [5.41, 5.74) is 5.38. The number of rotatable bonds is 4. The number of anilines is 1. The fourth-order valence-corrected chi connectivity index (χ4v) is 4.10. The number of nitrogens with zero attached hydrogens (tertiary/aromatic N) is 1. The zero-order chi connectivity index (χ0) is 15.6. The van der Waals surface area contributed by atoms with Crippen LogP contribution in [-0.4, -0.2) is 37.3 Å². The maximum Gasteiger partial charge on any atom is 0.292 e. The Hall–Kier alpha value is -2.16. The zero-order valence-electron chi connectivity index (χ0n) is 11.1. The van der Waals surface area contributed by atoms with Gasteiger partial charge in [-0.05, 0) is 24.5 Å². The summed E-state index contributed by atoms with van der Waals surface area (Å²) in [5.74, 6) is -0.288. The number of nitrogens with two attached hydrogens (primary N) is 1. The first-order chi connectivity index (χ1) is 9.78. The maximum absolute atomic E-state index is 11.9. The Labute approximate surface area is 121 Å². The molecule has 0 saturated carbocycles. The third-order valence-electron chi connectivity index (χ3n) is 3.36. The molecule has 0 radical (unpaired) electrons. The maximum atomic E-state index is 11.9. The van der Waals surface area contributed by atoms with Crippen molar-refractivity contribution in [3.63, 3.8) is 0 Å². The molecule has 3 N–H and O–H groups in total. The highest BCUT2D eigenvalue weighted by Gasteiger charge is 2.28. The van der Waals surface area contributed by atoms with Crippen molar-refractivity contribution in [2.75, 3.05) is 23.8 Å². The van der Waals surface area contributed by atoms with E-state index in [0.717, 1.165) is 0 Å². The molecule has 0 spiro atoms. The number of amides is 1. The fraction of sp³-hybridized carbons (Fsp3) is 0.417. The van der Waals surface area contributed by atoms with E-state index in [9.17, 15) is 23.3 Å². The smallest absolute Gasteiger partial charge is 0.292 e. The van der Waals surface area contributed by atoms with Crippen LogP contribution in [0.3, 0.4) is 0 Å². The lowest BCUT2D eigenvalue weighted by molar-refractivity contribution is -0.383. The first-order valence-electron chi connectivity index (χ1n) is 6.31. The molecule has 1 aliphatic rings. The Bertz CT molecular complexity index is 686. The quantitative estimate of drug-likeness (QED) is 0.468. The number of hydrogen-bond donors (Lipinski definition) is 2. The topological polar surface area (TPSA) is 132 Å². The number of nitro benzene ring substituents is 1. The second kappa shape index (κ2) is 5.68. The summed E-state index contributed by atoms with van der Waals surface area (Å²) >= 11 is 0. The summed E-state index contributed by atoms with van der Waals surface area (Å²) in [6.45, 7) is 0.259. The van der Waals surface area contributed by atoms with E-state index in [-0.39, 0.29) is 40.9 Å². The average Bonchev–Trinajstić information content (AvgIpc) is 2.75. The van der Waals surface area contributed by atoms with Crippen LogP contribution in [0.1, 0.15) is 16.8 Å². The molecule has 1 atom stereocenters. The van der Waals surface area contributed by atoms with Gasteiger partial charge in [0.05, 0.1) is 16.4 Å². The van der Waals surface area contributed by atoms with Gasteiger partial charge in [-0.15, -0.1) is 0 Å². The third kappa shape index (κ3) is 3.69. The lowest BCUT2D eigenvalue weighted by Crippen LogP contribution is -2.29. The van der Waals surface area contributed by atoms with E-state index < -0.39 is 20.7 Å². The van der Waals surface area contributed by atoms with Gasteiger partial charge in [0.15, 0.2) is 9.84 Å². The molecule has 1 saturated heterocycles. The minimum Gasteiger partial charge on any atom is -0.393 e. The molecule has 114 valence electrons. The Morgan fingerprint density at radius 2 is 2.19 bits per heavy atom. The van der Waals surface area contributed by atoms with Crippen molar-refractivity contribution in [1.82, 2.24) is 5.32 Å². The second-order valence-corrected chi connectivity index (χ2v) is 7.24. The number of hydrogen-bond acceptors (Lipinski definition) is 6. The molecule has 1 aromatic rings. The molecule has 9 heteroatoms. The molecule has 1 aromatic carbocycles. The van der Waals surface area contributed by atoms with Gasteiger partial charge >= 0.3 is 0 Å². The third-order valence-corrected chi connectivity index (χ3v) is 5.20. The first-order valence-corrected chi connectivity index (χ1v) is 8.13.